The van der Waals surface area contributed by atoms with Crippen LogP contribution in [0.2, 0.25) is 0 Å². The third kappa shape index (κ3) is 4.20. The molecule has 4 rings (SSSR count). The number of anilines is 1. The van der Waals surface area contributed by atoms with Crippen molar-refractivity contribution < 1.29 is 9.13 Å². The Balaban J connectivity index is 1.67. The monoisotopic (exact) mass is 398 g/mol. The third-order valence-electron chi connectivity index (χ3n) is 4.63. The number of nitrogens with zero attached hydrogens (tertiary/aromatic N) is 4. The summed E-state index contributed by atoms with van der Waals surface area (Å²) in [6.07, 6.45) is 0. The first-order valence-corrected chi connectivity index (χ1v) is 10.3. The van der Waals surface area contributed by atoms with Crippen LogP contribution >= 0.6 is 11.8 Å². The number of hydrogen-bond acceptors (Lipinski definition) is 5. The van der Waals surface area contributed by atoms with Gasteiger partial charge in [-0.3, -0.25) is 4.57 Å². The molecule has 0 radical (unpaired) electrons. The standard InChI is InChI=1S/C21H23FN4OS/c1-15-10-16(2)12-17(11-15)14-28-21-24-23-20(25-6-8-27-9-7-25)26(21)19-5-3-4-18(22)13-19/h3-5,10-13H,6-9,14H2,1-2H3. The minimum Gasteiger partial charge on any atom is -0.378 e. The quantitative estimate of drug-likeness (QED) is 0.604. The van der Waals surface area contributed by atoms with Crippen LogP contribution in [0.4, 0.5) is 10.3 Å². The summed E-state index contributed by atoms with van der Waals surface area (Å²) < 4.78 is 21.3. The summed E-state index contributed by atoms with van der Waals surface area (Å²) in [5.41, 5.74) is 4.46. The van der Waals surface area contributed by atoms with Crippen LogP contribution in [0.25, 0.3) is 5.69 Å². The highest BCUT2D eigenvalue weighted by Crippen LogP contribution is 2.30. The molecule has 1 aromatic heterocycles. The molecule has 1 saturated heterocycles. The van der Waals surface area contributed by atoms with E-state index in [0.717, 1.165) is 35.6 Å². The highest BCUT2D eigenvalue weighted by atomic mass is 32.2. The molecule has 0 bridgehead atoms. The van der Waals surface area contributed by atoms with E-state index in [1.165, 1.54) is 28.8 Å². The lowest BCUT2D eigenvalue weighted by Crippen LogP contribution is -2.37. The number of halogens is 1. The van der Waals surface area contributed by atoms with E-state index >= 15 is 0 Å². The molecule has 28 heavy (non-hydrogen) atoms. The highest BCUT2D eigenvalue weighted by Gasteiger charge is 2.22. The lowest BCUT2D eigenvalue weighted by Gasteiger charge is -2.27. The number of thioether (sulfide) groups is 1. The largest absolute Gasteiger partial charge is 0.378 e. The average Bonchev–Trinajstić information content (AvgIpc) is 3.10. The highest BCUT2D eigenvalue weighted by molar-refractivity contribution is 7.98. The van der Waals surface area contributed by atoms with Gasteiger partial charge in [-0.2, -0.15) is 0 Å². The summed E-state index contributed by atoms with van der Waals surface area (Å²) >= 11 is 1.61. The maximum Gasteiger partial charge on any atom is 0.232 e. The van der Waals surface area contributed by atoms with Crippen LogP contribution in [0.15, 0.2) is 47.6 Å². The molecule has 146 valence electrons. The van der Waals surface area contributed by atoms with Gasteiger partial charge in [0.2, 0.25) is 5.95 Å². The second kappa shape index (κ2) is 8.32. The lowest BCUT2D eigenvalue weighted by atomic mass is 10.1. The molecule has 0 unspecified atom stereocenters. The molecule has 0 saturated carbocycles. The summed E-state index contributed by atoms with van der Waals surface area (Å²) in [6.45, 7) is 7.01. The topological polar surface area (TPSA) is 43.2 Å². The molecule has 0 atom stereocenters. The summed E-state index contributed by atoms with van der Waals surface area (Å²) in [5.74, 6) is 1.24. The minimum atomic E-state index is -0.274. The number of benzene rings is 2. The molecular weight excluding hydrogens is 375 g/mol. The molecule has 0 aliphatic carbocycles. The molecule has 0 N–H and O–H groups in total. The normalized spacial score (nSPS) is 14.5. The second-order valence-electron chi connectivity index (χ2n) is 6.98. The Bertz CT molecular complexity index is 949. The van der Waals surface area contributed by atoms with Gasteiger partial charge in [0.05, 0.1) is 18.9 Å². The Hall–Kier alpha value is -2.38. The number of ether oxygens (including phenoxy) is 1. The average molecular weight is 399 g/mol. The molecule has 1 fully saturated rings. The predicted molar refractivity (Wildman–Crippen MR) is 110 cm³/mol. The van der Waals surface area contributed by atoms with Crippen molar-refractivity contribution in [2.45, 2.75) is 24.8 Å². The van der Waals surface area contributed by atoms with Crippen LogP contribution in [-0.2, 0) is 10.5 Å². The predicted octanol–water partition coefficient (Wildman–Crippen LogP) is 4.15. The zero-order valence-electron chi connectivity index (χ0n) is 16.1. The van der Waals surface area contributed by atoms with Gasteiger partial charge in [-0.1, -0.05) is 47.2 Å². The number of rotatable bonds is 5. The number of morpholine rings is 1. The smallest absolute Gasteiger partial charge is 0.232 e. The van der Waals surface area contributed by atoms with E-state index in [2.05, 4.69) is 47.1 Å². The van der Waals surface area contributed by atoms with Crippen LogP contribution in [0.3, 0.4) is 0 Å². The van der Waals surface area contributed by atoms with Gasteiger partial charge in [0, 0.05) is 18.8 Å². The van der Waals surface area contributed by atoms with Gasteiger partial charge < -0.3 is 9.64 Å². The number of aryl methyl sites for hydroxylation is 2. The first-order chi connectivity index (χ1) is 13.6. The third-order valence-corrected chi connectivity index (χ3v) is 5.63. The van der Waals surface area contributed by atoms with Crippen molar-refractivity contribution in [2.75, 3.05) is 31.2 Å². The van der Waals surface area contributed by atoms with E-state index in [9.17, 15) is 4.39 Å². The molecule has 3 aromatic rings. The molecule has 1 aliphatic heterocycles. The van der Waals surface area contributed by atoms with Crippen molar-refractivity contribution in [1.29, 1.82) is 0 Å². The summed E-state index contributed by atoms with van der Waals surface area (Å²) in [7, 11) is 0. The summed E-state index contributed by atoms with van der Waals surface area (Å²) in [5, 5.41) is 9.62. The number of aromatic nitrogens is 3. The van der Waals surface area contributed by atoms with Crippen molar-refractivity contribution in [3.63, 3.8) is 0 Å². The molecule has 2 heterocycles. The van der Waals surface area contributed by atoms with Crippen LogP contribution in [-0.4, -0.2) is 41.1 Å². The first-order valence-electron chi connectivity index (χ1n) is 9.34. The molecule has 2 aromatic carbocycles. The lowest BCUT2D eigenvalue weighted by molar-refractivity contribution is 0.122. The Morgan fingerprint density at radius 1 is 1.04 bits per heavy atom. The molecule has 5 nitrogen and oxygen atoms in total. The van der Waals surface area contributed by atoms with E-state index < -0.39 is 0 Å². The minimum absolute atomic E-state index is 0.274. The maximum atomic E-state index is 13.9. The SMILES string of the molecule is Cc1cc(C)cc(CSc2nnc(N3CCOCC3)n2-c2cccc(F)c2)c1. The molecule has 0 spiro atoms. The first kappa shape index (κ1) is 19.0. The van der Waals surface area contributed by atoms with E-state index in [0.29, 0.717) is 13.2 Å². The van der Waals surface area contributed by atoms with Gasteiger partial charge in [0.1, 0.15) is 5.82 Å². The molecule has 1 aliphatic rings. The second-order valence-corrected chi connectivity index (χ2v) is 7.92. The van der Waals surface area contributed by atoms with E-state index in [-0.39, 0.29) is 5.82 Å². The fourth-order valence-corrected chi connectivity index (χ4v) is 4.34. The Kier molecular flexibility index (Phi) is 5.64. The van der Waals surface area contributed by atoms with Crippen LogP contribution < -0.4 is 4.90 Å². The maximum absolute atomic E-state index is 13.9. The van der Waals surface area contributed by atoms with Crippen LogP contribution in [0.1, 0.15) is 16.7 Å². The fourth-order valence-electron chi connectivity index (χ4n) is 3.47. The van der Waals surface area contributed by atoms with E-state index in [4.69, 9.17) is 4.74 Å². The van der Waals surface area contributed by atoms with Crippen molar-refractivity contribution in [2.24, 2.45) is 0 Å². The van der Waals surface area contributed by atoms with Crippen molar-refractivity contribution in [3.8, 4) is 5.69 Å². The van der Waals surface area contributed by atoms with Gasteiger partial charge in [-0.05, 0) is 37.6 Å². The zero-order valence-corrected chi connectivity index (χ0v) is 16.9. The molecule has 0 amide bonds. The molecular formula is C21H23FN4OS. The Labute approximate surface area is 168 Å². The Morgan fingerprint density at radius 3 is 2.50 bits per heavy atom. The van der Waals surface area contributed by atoms with Gasteiger partial charge in [0.15, 0.2) is 5.16 Å². The van der Waals surface area contributed by atoms with Gasteiger partial charge in [0.25, 0.3) is 0 Å². The molecule has 7 heteroatoms. The van der Waals surface area contributed by atoms with Gasteiger partial charge in [-0.15, -0.1) is 10.2 Å². The Morgan fingerprint density at radius 2 is 1.79 bits per heavy atom. The zero-order chi connectivity index (χ0) is 19.5. The number of hydrogen-bond donors (Lipinski definition) is 0. The summed E-state index contributed by atoms with van der Waals surface area (Å²) in [6, 6.07) is 13.1. The van der Waals surface area contributed by atoms with Crippen molar-refractivity contribution in [3.05, 3.63) is 65.0 Å². The van der Waals surface area contributed by atoms with E-state index in [1.54, 1.807) is 17.8 Å². The van der Waals surface area contributed by atoms with Gasteiger partial charge in [-0.25, -0.2) is 4.39 Å². The fraction of sp³-hybridized carbons (Fsp3) is 0.333. The van der Waals surface area contributed by atoms with Gasteiger partial charge >= 0.3 is 0 Å². The van der Waals surface area contributed by atoms with E-state index in [1.807, 2.05) is 10.6 Å². The van der Waals surface area contributed by atoms with Crippen molar-refractivity contribution >= 4 is 17.7 Å². The summed E-state index contributed by atoms with van der Waals surface area (Å²) in [4.78, 5) is 2.14. The van der Waals surface area contributed by atoms with Crippen LogP contribution in [0, 0.1) is 19.7 Å². The van der Waals surface area contributed by atoms with Crippen molar-refractivity contribution in [1.82, 2.24) is 14.8 Å². The van der Waals surface area contributed by atoms with Crippen LogP contribution in [0.5, 0.6) is 0 Å².